The van der Waals surface area contributed by atoms with Crippen LogP contribution in [0.5, 0.6) is 0 Å². The molecule has 0 aromatic carbocycles. The number of aromatic nitrogens is 6. The van der Waals surface area contributed by atoms with Crippen LogP contribution in [0.2, 0.25) is 10.3 Å². The average molecular weight is 563 g/mol. The van der Waals surface area contributed by atoms with E-state index in [1.807, 2.05) is 0 Å². The summed E-state index contributed by atoms with van der Waals surface area (Å²) in [6.45, 7) is 0. The third-order valence-corrected chi connectivity index (χ3v) is 7.27. The Morgan fingerprint density at radius 3 is 1.94 bits per heavy atom. The smallest absolute Gasteiger partial charge is 0.230 e. The van der Waals surface area contributed by atoms with Crippen LogP contribution in [-0.4, -0.2) is 42.1 Å². The van der Waals surface area contributed by atoms with Crippen molar-refractivity contribution >= 4 is 62.7 Å². The van der Waals surface area contributed by atoms with Crippen LogP contribution in [0.3, 0.4) is 0 Å². The first kappa shape index (κ1) is 26.2. The minimum atomic E-state index is -0.183. The first-order chi connectivity index (χ1) is 17.4. The van der Waals surface area contributed by atoms with E-state index in [4.69, 9.17) is 23.2 Å². The largest absolute Gasteiger partial charge is 0.300 e. The maximum atomic E-state index is 12.3. The van der Waals surface area contributed by atoms with Crippen molar-refractivity contribution in [2.45, 2.75) is 44.9 Å². The number of amides is 1. The summed E-state index contributed by atoms with van der Waals surface area (Å²) in [6.07, 6.45) is 7.27. The van der Waals surface area contributed by atoms with Gasteiger partial charge in [0.2, 0.25) is 11.0 Å². The van der Waals surface area contributed by atoms with Crippen molar-refractivity contribution in [3.05, 3.63) is 73.1 Å². The van der Waals surface area contributed by atoms with E-state index in [9.17, 15) is 9.59 Å². The second kappa shape index (κ2) is 12.9. The normalized spacial score (nSPS) is 10.9. The molecule has 0 saturated heterocycles. The van der Waals surface area contributed by atoms with Crippen molar-refractivity contribution < 1.29 is 9.59 Å². The van der Waals surface area contributed by atoms with Gasteiger partial charge in [-0.05, 0) is 36.1 Å². The van der Waals surface area contributed by atoms with Crippen molar-refractivity contribution in [2.24, 2.45) is 0 Å². The van der Waals surface area contributed by atoms with Gasteiger partial charge < -0.3 is 5.32 Å². The van der Waals surface area contributed by atoms with Crippen LogP contribution >= 0.6 is 45.9 Å². The van der Waals surface area contributed by atoms with E-state index in [2.05, 4.69) is 35.7 Å². The van der Waals surface area contributed by atoms with Gasteiger partial charge in [-0.15, -0.1) is 31.7 Å². The van der Waals surface area contributed by atoms with Gasteiger partial charge in [-0.2, -0.15) is 0 Å². The highest BCUT2D eigenvalue weighted by atomic mass is 35.5. The summed E-state index contributed by atoms with van der Waals surface area (Å²) in [5, 5.41) is 23.1. The summed E-state index contributed by atoms with van der Waals surface area (Å²) in [4.78, 5) is 32.5. The first-order valence-corrected chi connectivity index (χ1v) is 13.5. The highest BCUT2D eigenvalue weighted by Gasteiger charge is 2.12. The molecule has 0 atom stereocenters. The summed E-state index contributed by atoms with van der Waals surface area (Å²) in [6, 6.07) is 6.88. The maximum absolute atomic E-state index is 12.3. The fourth-order valence-electron chi connectivity index (χ4n) is 3.25. The average Bonchev–Trinajstić information content (AvgIpc) is 3.49. The molecular formula is C23H21Cl2N7O2S2. The number of nitrogens with one attached hydrogen (secondary N) is 1. The van der Waals surface area contributed by atoms with Gasteiger partial charge in [-0.1, -0.05) is 46.7 Å². The molecule has 4 aromatic heterocycles. The Morgan fingerprint density at radius 1 is 0.722 bits per heavy atom. The molecular weight excluding hydrogens is 541 g/mol. The molecule has 186 valence electrons. The van der Waals surface area contributed by atoms with Crippen LogP contribution in [0.4, 0.5) is 5.13 Å². The fourth-order valence-corrected chi connectivity index (χ4v) is 5.18. The van der Waals surface area contributed by atoms with E-state index in [0.29, 0.717) is 21.9 Å². The first-order valence-electron chi connectivity index (χ1n) is 11.1. The maximum Gasteiger partial charge on any atom is 0.230 e. The third kappa shape index (κ3) is 8.37. The minimum absolute atomic E-state index is 0.0609. The van der Waals surface area contributed by atoms with Crippen molar-refractivity contribution in [3.8, 4) is 0 Å². The summed E-state index contributed by atoms with van der Waals surface area (Å²) < 4.78 is 0. The van der Waals surface area contributed by atoms with Crippen molar-refractivity contribution in [2.75, 3.05) is 5.32 Å². The predicted molar refractivity (Wildman–Crippen MR) is 140 cm³/mol. The van der Waals surface area contributed by atoms with E-state index in [1.54, 1.807) is 36.7 Å². The number of ketones is 1. The number of unbranched alkanes of at least 4 members (excludes halogenated alkanes) is 1. The Balaban J connectivity index is 1.15. The standard InChI is InChI=1S/C23H21Cl2N7O2S2/c24-17-7-5-14(12-26-17)9-16(33)11-22-31-29-20(35-22)3-1-2-4-21-30-32-23(36-21)28-19(34)10-15-6-8-18(25)27-13-15/h5-8,12-13H,1-4,9-11H2,(H,28,32,34). The molecule has 0 fully saturated rings. The van der Waals surface area contributed by atoms with Gasteiger partial charge in [0.15, 0.2) is 0 Å². The molecule has 1 N–H and O–H groups in total. The molecule has 0 radical (unpaired) electrons. The summed E-state index contributed by atoms with van der Waals surface area (Å²) in [5.41, 5.74) is 1.59. The Bertz CT molecular complexity index is 1210. The number of rotatable bonds is 12. The molecule has 0 unspecified atom stereocenters. The van der Waals surface area contributed by atoms with Crippen LogP contribution in [0.25, 0.3) is 0 Å². The van der Waals surface area contributed by atoms with E-state index in [1.165, 1.54) is 22.7 Å². The zero-order valence-corrected chi connectivity index (χ0v) is 22.1. The van der Waals surface area contributed by atoms with Crippen LogP contribution in [0.15, 0.2) is 36.7 Å². The van der Waals surface area contributed by atoms with Gasteiger partial charge in [0.05, 0.1) is 12.8 Å². The highest BCUT2D eigenvalue weighted by molar-refractivity contribution is 7.15. The number of carbonyl (C=O) groups excluding carboxylic acids is 2. The molecule has 36 heavy (non-hydrogen) atoms. The Kier molecular flexibility index (Phi) is 9.40. The summed E-state index contributed by atoms with van der Waals surface area (Å²) in [7, 11) is 0. The summed E-state index contributed by atoms with van der Waals surface area (Å²) >= 11 is 14.4. The fraction of sp³-hybridized carbons (Fsp3) is 0.304. The molecule has 0 spiro atoms. The number of Topliss-reactive ketones (excluding diaryl/α,β-unsaturated/α-hetero) is 1. The van der Waals surface area contributed by atoms with Gasteiger partial charge in [0, 0.05) is 31.7 Å². The number of nitrogens with zero attached hydrogens (tertiary/aromatic N) is 6. The topological polar surface area (TPSA) is 124 Å². The number of aryl methyl sites for hydroxylation is 2. The minimum Gasteiger partial charge on any atom is -0.300 e. The zero-order valence-electron chi connectivity index (χ0n) is 19.0. The Morgan fingerprint density at radius 2 is 1.31 bits per heavy atom. The van der Waals surface area contributed by atoms with Crippen LogP contribution in [0.1, 0.15) is 39.0 Å². The van der Waals surface area contributed by atoms with Crippen molar-refractivity contribution in [3.63, 3.8) is 0 Å². The SMILES string of the molecule is O=C(Cc1ccc(Cl)nc1)Cc1nnc(CCCCc2nnc(NC(=O)Cc3ccc(Cl)nc3)s2)s1. The number of carbonyl (C=O) groups is 2. The van der Waals surface area contributed by atoms with E-state index >= 15 is 0 Å². The lowest BCUT2D eigenvalue weighted by Gasteiger charge is -2.01. The molecule has 9 nitrogen and oxygen atoms in total. The molecule has 0 aliphatic carbocycles. The Hall–Kier alpha value is -2.86. The predicted octanol–water partition coefficient (Wildman–Crippen LogP) is 4.59. The lowest BCUT2D eigenvalue weighted by atomic mass is 10.1. The molecule has 4 aromatic rings. The van der Waals surface area contributed by atoms with Gasteiger partial charge in [0.1, 0.15) is 31.1 Å². The zero-order chi connectivity index (χ0) is 25.3. The van der Waals surface area contributed by atoms with Gasteiger partial charge in [0.25, 0.3) is 0 Å². The lowest BCUT2D eigenvalue weighted by Crippen LogP contribution is -2.14. The molecule has 0 bridgehead atoms. The van der Waals surface area contributed by atoms with Crippen LogP contribution in [0, 0.1) is 0 Å². The van der Waals surface area contributed by atoms with Gasteiger partial charge in [-0.3, -0.25) is 9.59 Å². The van der Waals surface area contributed by atoms with Crippen molar-refractivity contribution in [1.82, 2.24) is 30.4 Å². The number of anilines is 1. The van der Waals surface area contributed by atoms with Gasteiger partial charge in [-0.25, -0.2) is 9.97 Å². The van der Waals surface area contributed by atoms with E-state index < -0.39 is 0 Å². The monoisotopic (exact) mass is 561 g/mol. The molecule has 0 aliphatic rings. The van der Waals surface area contributed by atoms with Gasteiger partial charge >= 0.3 is 0 Å². The molecule has 1 amide bonds. The molecule has 4 heterocycles. The molecule has 0 saturated carbocycles. The Labute approximate surface area is 225 Å². The third-order valence-electron chi connectivity index (χ3n) is 4.94. The van der Waals surface area contributed by atoms with E-state index in [-0.39, 0.29) is 24.5 Å². The van der Waals surface area contributed by atoms with Crippen LogP contribution in [-0.2, 0) is 41.7 Å². The van der Waals surface area contributed by atoms with Crippen molar-refractivity contribution in [1.29, 1.82) is 0 Å². The van der Waals surface area contributed by atoms with E-state index in [0.717, 1.165) is 51.8 Å². The number of pyridine rings is 2. The second-order valence-electron chi connectivity index (χ2n) is 7.89. The molecule has 4 rings (SSSR count). The number of hydrogen-bond donors (Lipinski definition) is 1. The summed E-state index contributed by atoms with van der Waals surface area (Å²) in [5.74, 6) is -0.122. The second-order valence-corrected chi connectivity index (χ2v) is 10.9. The van der Waals surface area contributed by atoms with Crippen LogP contribution < -0.4 is 5.32 Å². The number of halogens is 2. The molecule has 0 aliphatic heterocycles. The highest BCUT2D eigenvalue weighted by Crippen LogP contribution is 2.19. The molecule has 13 heteroatoms. The quantitative estimate of drug-likeness (QED) is 0.197. The lowest BCUT2D eigenvalue weighted by molar-refractivity contribution is -0.118. The number of hydrogen-bond acceptors (Lipinski definition) is 10.